The molecule has 0 saturated carbocycles. The zero-order valence-corrected chi connectivity index (χ0v) is 16.6. The first-order chi connectivity index (χ1) is 13.9. The zero-order valence-electron chi connectivity index (χ0n) is 15.7. The fraction of sp³-hybridized carbons (Fsp3) is 0.421. The largest absolute Gasteiger partial charge is 0.349 e. The van der Waals surface area contributed by atoms with Crippen LogP contribution in [0.1, 0.15) is 45.6 Å². The Hall–Kier alpha value is -2.88. The molecule has 10 heteroatoms. The predicted octanol–water partition coefficient (Wildman–Crippen LogP) is 1.11. The van der Waals surface area contributed by atoms with Crippen LogP contribution in [0, 0.1) is 0 Å². The molecule has 3 N–H and O–H groups in total. The Morgan fingerprint density at radius 2 is 1.76 bits per heavy atom. The maximum Gasteiger partial charge on any atom is 0.333 e. The van der Waals surface area contributed by atoms with Crippen LogP contribution in [0.25, 0.3) is 0 Å². The molecular formula is C19H21N5O4S. The van der Waals surface area contributed by atoms with E-state index in [2.05, 4.69) is 21.8 Å². The number of hydrogen-bond donors (Lipinski definition) is 3. The standard InChI is InChI=1S/C19H21N5O4S/c25-18-15-10-16(22-24(15)8-7-20-18)29(27,28)23-19(26)21-17-13-5-1-3-11(13)9-12-4-2-6-14(12)17/h9-10H,1-8H2,(H,20,25)(H2,21,23,26). The number of rotatable bonds is 3. The van der Waals surface area contributed by atoms with Crippen molar-refractivity contribution in [3.8, 4) is 0 Å². The molecular weight excluding hydrogens is 394 g/mol. The van der Waals surface area contributed by atoms with Crippen molar-refractivity contribution in [2.24, 2.45) is 0 Å². The van der Waals surface area contributed by atoms with E-state index >= 15 is 0 Å². The van der Waals surface area contributed by atoms with Crippen LogP contribution in [0.5, 0.6) is 0 Å². The second-order valence-electron chi connectivity index (χ2n) is 7.64. The van der Waals surface area contributed by atoms with Crippen molar-refractivity contribution in [3.63, 3.8) is 0 Å². The van der Waals surface area contributed by atoms with Gasteiger partial charge < -0.3 is 10.6 Å². The molecule has 2 aliphatic carbocycles. The summed E-state index contributed by atoms with van der Waals surface area (Å²) in [6, 6.07) is 2.61. The number of nitrogens with zero attached hydrogens (tertiary/aromatic N) is 2. The van der Waals surface area contributed by atoms with Gasteiger partial charge >= 0.3 is 6.03 Å². The lowest BCUT2D eigenvalue weighted by Gasteiger charge is -2.16. The molecule has 152 valence electrons. The molecule has 0 saturated heterocycles. The van der Waals surface area contributed by atoms with Gasteiger partial charge in [-0.3, -0.25) is 9.48 Å². The smallest absolute Gasteiger partial charge is 0.333 e. The van der Waals surface area contributed by atoms with Crippen molar-refractivity contribution in [1.29, 1.82) is 0 Å². The molecule has 2 aromatic rings. The zero-order chi connectivity index (χ0) is 20.2. The van der Waals surface area contributed by atoms with Crippen molar-refractivity contribution in [1.82, 2.24) is 19.8 Å². The highest BCUT2D eigenvalue weighted by atomic mass is 32.2. The molecule has 3 aliphatic rings. The van der Waals surface area contributed by atoms with Crippen molar-refractivity contribution in [2.45, 2.75) is 50.1 Å². The third kappa shape index (κ3) is 3.07. The van der Waals surface area contributed by atoms with Gasteiger partial charge in [0.2, 0.25) is 0 Å². The summed E-state index contributed by atoms with van der Waals surface area (Å²) in [7, 11) is -4.20. The minimum Gasteiger partial charge on any atom is -0.349 e. The molecule has 0 bridgehead atoms. The Bertz CT molecular complexity index is 1120. The summed E-state index contributed by atoms with van der Waals surface area (Å²) < 4.78 is 28.7. The summed E-state index contributed by atoms with van der Waals surface area (Å²) in [5.41, 5.74) is 5.66. The summed E-state index contributed by atoms with van der Waals surface area (Å²) in [4.78, 5) is 24.4. The summed E-state index contributed by atoms with van der Waals surface area (Å²) in [6.07, 6.45) is 5.81. The van der Waals surface area contributed by atoms with Gasteiger partial charge in [0.1, 0.15) is 5.69 Å². The molecule has 0 unspecified atom stereocenters. The number of carbonyl (C=O) groups is 2. The van der Waals surface area contributed by atoms with Gasteiger partial charge in [-0.05, 0) is 60.8 Å². The number of amides is 3. The number of urea groups is 1. The topological polar surface area (TPSA) is 122 Å². The predicted molar refractivity (Wildman–Crippen MR) is 104 cm³/mol. The molecule has 2 heterocycles. The minimum absolute atomic E-state index is 0.163. The fourth-order valence-corrected chi connectivity index (χ4v) is 5.40. The number of benzene rings is 1. The van der Waals surface area contributed by atoms with Gasteiger partial charge in [0.15, 0.2) is 5.03 Å². The van der Waals surface area contributed by atoms with Crippen LogP contribution in [0.15, 0.2) is 17.2 Å². The lowest BCUT2D eigenvalue weighted by Crippen LogP contribution is -2.35. The fourth-order valence-electron chi connectivity index (χ4n) is 4.52. The molecule has 1 aliphatic heterocycles. The normalized spacial score (nSPS) is 17.3. The second kappa shape index (κ2) is 6.58. The summed E-state index contributed by atoms with van der Waals surface area (Å²) in [5, 5.41) is 9.06. The number of fused-ring (bicyclic) bond motifs is 3. The Morgan fingerprint density at radius 3 is 2.41 bits per heavy atom. The van der Waals surface area contributed by atoms with Crippen LogP contribution in [-0.4, -0.2) is 36.7 Å². The maximum atomic E-state index is 12.6. The van der Waals surface area contributed by atoms with E-state index < -0.39 is 16.1 Å². The third-order valence-electron chi connectivity index (χ3n) is 5.81. The van der Waals surface area contributed by atoms with E-state index in [-0.39, 0.29) is 16.6 Å². The van der Waals surface area contributed by atoms with Crippen LogP contribution in [-0.2, 0) is 42.3 Å². The Morgan fingerprint density at radius 1 is 1.07 bits per heavy atom. The van der Waals surface area contributed by atoms with Crippen LogP contribution in [0.3, 0.4) is 0 Å². The highest BCUT2D eigenvalue weighted by Gasteiger charge is 2.29. The number of hydrogen-bond acceptors (Lipinski definition) is 5. The van der Waals surface area contributed by atoms with Crippen molar-refractivity contribution >= 4 is 27.6 Å². The highest BCUT2D eigenvalue weighted by molar-refractivity contribution is 7.90. The van der Waals surface area contributed by atoms with Crippen LogP contribution in [0.4, 0.5) is 10.5 Å². The van der Waals surface area contributed by atoms with Crippen LogP contribution < -0.4 is 15.4 Å². The van der Waals surface area contributed by atoms with Gasteiger partial charge in [0, 0.05) is 18.3 Å². The van der Waals surface area contributed by atoms with E-state index in [0.29, 0.717) is 13.1 Å². The van der Waals surface area contributed by atoms with E-state index in [9.17, 15) is 18.0 Å². The molecule has 5 rings (SSSR count). The Labute approximate surface area is 167 Å². The number of aromatic nitrogens is 2. The average molecular weight is 415 g/mol. The van der Waals surface area contributed by atoms with E-state index in [0.717, 1.165) is 55.3 Å². The Balaban J connectivity index is 1.40. The van der Waals surface area contributed by atoms with Crippen molar-refractivity contribution in [3.05, 3.63) is 40.1 Å². The maximum absolute atomic E-state index is 12.6. The van der Waals surface area contributed by atoms with Crippen molar-refractivity contribution in [2.75, 3.05) is 11.9 Å². The van der Waals surface area contributed by atoms with Gasteiger partial charge in [-0.1, -0.05) is 6.07 Å². The van der Waals surface area contributed by atoms with Gasteiger partial charge in [0.05, 0.1) is 6.54 Å². The summed E-state index contributed by atoms with van der Waals surface area (Å²) in [5.74, 6) is -0.384. The molecule has 0 atom stereocenters. The molecule has 3 amide bonds. The third-order valence-corrected chi connectivity index (χ3v) is 7.02. The van der Waals surface area contributed by atoms with Gasteiger partial charge in [-0.15, -0.1) is 0 Å². The molecule has 0 radical (unpaired) electrons. The first-order valence-electron chi connectivity index (χ1n) is 9.79. The number of nitrogens with one attached hydrogen (secondary N) is 3. The number of sulfonamides is 1. The molecule has 0 spiro atoms. The first-order valence-corrected chi connectivity index (χ1v) is 11.3. The number of aryl methyl sites for hydroxylation is 2. The van der Waals surface area contributed by atoms with E-state index in [1.165, 1.54) is 21.9 Å². The molecule has 29 heavy (non-hydrogen) atoms. The monoisotopic (exact) mass is 415 g/mol. The SMILES string of the molecule is O=C(Nc1c2c(cc3c1CCC3)CCC2)NS(=O)(=O)c1cc2n(n1)CCNC2=O. The summed E-state index contributed by atoms with van der Waals surface area (Å²) in [6.45, 7) is 0.760. The average Bonchev–Trinajstić information content (AvgIpc) is 3.40. The summed E-state index contributed by atoms with van der Waals surface area (Å²) >= 11 is 0. The molecule has 0 fully saturated rings. The van der Waals surface area contributed by atoms with E-state index in [4.69, 9.17) is 0 Å². The minimum atomic E-state index is -4.20. The first kappa shape index (κ1) is 18.2. The number of carbonyl (C=O) groups excluding carboxylic acids is 2. The van der Waals surface area contributed by atoms with Gasteiger partial charge in [0.25, 0.3) is 15.9 Å². The second-order valence-corrected chi connectivity index (χ2v) is 9.27. The molecule has 9 nitrogen and oxygen atoms in total. The quantitative estimate of drug-likeness (QED) is 0.693. The number of anilines is 1. The highest BCUT2D eigenvalue weighted by Crippen LogP contribution is 2.38. The lowest BCUT2D eigenvalue weighted by molar-refractivity contribution is 0.0924. The molecule has 1 aromatic heterocycles. The van der Waals surface area contributed by atoms with Crippen LogP contribution in [0.2, 0.25) is 0 Å². The van der Waals surface area contributed by atoms with Gasteiger partial charge in [-0.25, -0.2) is 9.52 Å². The van der Waals surface area contributed by atoms with Crippen LogP contribution >= 0.6 is 0 Å². The lowest BCUT2D eigenvalue weighted by atomic mass is 9.99. The van der Waals surface area contributed by atoms with E-state index in [1.54, 1.807) is 0 Å². The van der Waals surface area contributed by atoms with E-state index in [1.807, 2.05) is 4.72 Å². The Kier molecular flexibility index (Phi) is 4.12. The molecule has 1 aromatic carbocycles. The van der Waals surface area contributed by atoms with Crippen molar-refractivity contribution < 1.29 is 18.0 Å². The van der Waals surface area contributed by atoms with Gasteiger partial charge in [-0.2, -0.15) is 13.5 Å².